The van der Waals surface area contributed by atoms with Crippen LogP contribution in [0.2, 0.25) is 0 Å². The highest BCUT2D eigenvalue weighted by molar-refractivity contribution is 5.54. The largest absolute Gasteiger partial charge is 0.496 e. The van der Waals surface area contributed by atoms with Crippen molar-refractivity contribution in [1.29, 1.82) is 0 Å². The smallest absolute Gasteiger partial charge is 0.126 e. The summed E-state index contributed by atoms with van der Waals surface area (Å²) in [7, 11) is 1.77. The summed E-state index contributed by atoms with van der Waals surface area (Å²) in [6, 6.07) is 4.39. The van der Waals surface area contributed by atoms with Gasteiger partial charge in [0.1, 0.15) is 5.75 Å². The van der Waals surface area contributed by atoms with Gasteiger partial charge in [0.05, 0.1) is 7.11 Å². The Balaban J connectivity index is 2.97. The van der Waals surface area contributed by atoms with Crippen LogP contribution in [0.25, 0.3) is 0 Å². The van der Waals surface area contributed by atoms with Crippen molar-refractivity contribution in [3.63, 3.8) is 0 Å². The number of hydrogen-bond donors (Lipinski definition) is 0. The van der Waals surface area contributed by atoms with Gasteiger partial charge in [-0.1, -0.05) is 65.4 Å². The van der Waals surface area contributed by atoms with Gasteiger partial charge < -0.3 is 4.74 Å². The summed E-state index contributed by atoms with van der Waals surface area (Å²) in [4.78, 5) is 0. The van der Waals surface area contributed by atoms with Crippen LogP contribution in [0.5, 0.6) is 5.75 Å². The Kier molecular flexibility index (Phi) is 8.72. The molecule has 1 rings (SSSR count). The Bertz CT molecular complexity index is 711. The number of allylic oxidation sites excluding steroid dienone is 1. The monoisotopic (exact) mass is 364 g/mol. The zero-order valence-electron chi connectivity index (χ0n) is 18.4. The van der Waals surface area contributed by atoms with Crippen molar-refractivity contribution in [2.45, 2.75) is 84.5 Å². The number of hydrogen-bond acceptors (Lipinski definition) is 1. The normalized spacial score (nSPS) is 11.1. The minimum absolute atomic E-state index is 0.00708. The van der Waals surface area contributed by atoms with E-state index in [0.29, 0.717) is 0 Å². The van der Waals surface area contributed by atoms with Gasteiger partial charge in [-0.2, -0.15) is 0 Å². The summed E-state index contributed by atoms with van der Waals surface area (Å²) in [5.74, 6) is 14.0. The molecule has 27 heavy (non-hydrogen) atoms. The molecule has 0 saturated heterocycles. The molecule has 0 unspecified atom stereocenters. The third-order valence-electron chi connectivity index (χ3n) is 4.37. The van der Waals surface area contributed by atoms with Crippen molar-refractivity contribution in [2.24, 2.45) is 0 Å². The van der Waals surface area contributed by atoms with E-state index in [1.807, 2.05) is 6.08 Å². The SMILES string of the molecule is C=CCC#CCCCCC#Cc1cc(C(C)(C)C)c(OC)c(C(C)(C)C)c1. The Morgan fingerprint density at radius 1 is 0.889 bits per heavy atom. The highest BCUT2D eigenvalue weighted by Crippen LogP contribution is 2.40. The lowest BCUT2D eigenvalue weighted by atomic mass is 9.78. The lowest BCUT2D eigenvalue weighted by Crippen LogP contribution is -2.19. The van der Waals surface area contributed by atoms with Crippen molar-refractivity contribution >= 4 is 0 Å². The van der Waals surface area contributed by atoms with Crippen LogP contribution in [-0.4, -0.2) is 7.11 Å². The minimum Gasteiger partial charge on any atom is -0.496 e. The molecule has 0 saturated carbocycles. The Labute approximate surface area is 167 Å². The van der Waals surface area contributed by atoms with Gasteiger partial charge in [0, 0.05) is 36.0 Å². The molecule has 1 aromatic carbocycles. The molecule has 0 aromatic heterocycles. The topological polar surface area (TPSA) is 9.23 Å². The van der Waals surface area contributed by atoms with Gasteiger partial charge in [0.25, 0.3) is 0 Å². The quantitative estimate of drug-likeness (QED) is 0.318. The minimum atomic E-state index is 0.00708. The Morgan fingerprint density at radius 3 is 1.85 bits per heavy atom. The van der Waals surface area contributed by atoms with Crippen LogP contribution in [0.15, 0.2) is 24.8 Å². The van der Waals surface area contributed by atoms with Crippen molar-refractivity contribution in [3.8, 4) is 29.4 Å². The first-order valence-corrected chi connectivity index (χ1v) is 9.89. The number of rotatable bonds is 5. The standard InChI is InChI=1S/C26H36O/c1-9-10-11-12-13-14-15-16-17-18-21-19-22(25(2,3)4)24(27-8)23(20-21)26(5,6)7/h9,19-20H,1,10,13-16H2,2-8H3. The first-order chi connectivity index (χ1) is 12.6. The van der Waals surface area contributed by atoms with E-state index >= 15 is 0 Å². The van der Waals surface area contributed by atoms with Crippen LogP contribution < -0.4 is 4.74 Å². The lowest BCUT2D eigenvalue weighted by Gasteiger charge is -2.29. The molecule has 0 aliphatic carbocycles. The van der Waals surface area contributed by atoms with Gasteiger partial charge in [-0.3, -0.25) is 0 Å². The average Bonchev–Trinajstić information content (AvgIpc) is 2.58. The molecule has 0 bridgehead atoms. The molecule has 0 spiro atoms. The highest BCUT2D eigenvalue weighted by Gasteiger charge is 2.27. The van der Waals surface area contributed by atoms with Gasteiger partial charge >= 0.3 is 0 Å². The molecule has 0 aliphatic heterocycles. The summed E-state index contributed by atoms with van der Waals surface area (Å²) in [6.45, 7) is 17.0. The zero-order valence-corrected chi connectivity index (χ0v) is 18.4. The Hall–Kier alpha value is -2.12. The van der Waals surface area contributed by atoms with E-state index in [1.165, 1.54) is 11.1 Å². The molecule has 0 fully saturated rings. The van der Waals surface area contributed by atoms with Gasteiger partial charge in [0.15, 0.2) is 0 Å². The van der Waals surface area contributed by atoms with Crippen LogP contribution in [0.3, 0.4) is 0 Å². The van der Waals surface area contributed by atoms with E-state index in [4.69, 9.17) is 4.74 Å². The van der Waals surface area contributed by atoms with Gasteiger partial charge in [0.2, 0.25) is 0 Å². The van der Waals surface area contributed by atoms with E-state index < -0.39 is 0 Å². The molecule has 1 nitrogen and oxygen atoms in total. The molecule has 0 amide bonds. The first kappa shape index (κ1) is 22.9. The Morgan fingerprint density at radius 2 is 1.41 bits per heavy atom. The zero-order chi connectivity index (χ0) is 20.5. The van der Waals surface area contributed by atoms with Crippen LogP contribution in [-0.2, 0) is 10.8 Å². The van der Waals surface area contributed by atoms with Crippen molar-refractivity contribution in [2.75, 3.05) is 7.11 Å². The van der Waals surface area contributed by atoms with Crippen molar-refractivity contribution in [1.82, 2.24) is 0 Å². The van der Waals surface area contributed by atoms with Gasteiger partial charge in [-0.05, 0) is 35.8 Å². The fourth-order valence-corrected chi connectivity index (χ4v) is 2.86. The number of ether oxygens (including phenoxy) is 1. The highest BCUT2D eigenvalue weighted by atomic mass is 16.5. The van der Waals surface area contributed by atoms with E-state index in [9.17, 15) is 0 Å². The molecular weight excluding hydrogens is 328 g/mol. The molecule has 1 heteroatoms. The number of benzene rings is 1. The van der Waals surface area contributed by atoms with Crippen molar-refractivity contribution in [3.05, 3.63) is 41.5 Å². The second kappa shape index (κ2) is 10.3. The molecule has 0 aliphatic rings. The summed E-state index contributed by atoms with van der Waals surface area (Å²) in [5.41, 5.74) is 3.54. The summed E-state index contributed by atoms with van der Waals surface area (Å²) < 4.78 is 5.82. The maximum atomic E-state index is 5.82. The maximum absolute atomic E-state index is 5.82. The lowest BCUT2D eigenvalue weighted by molar-refractivity contribution is 0.381. The van der Waals surface area contributed by atoms with Gasteiger partial charge in [-0.25, -0.2) is 0 Å². The molecule has 0 heterocycles. The third kappa shape index (κ3) is 7.56. The predicted molar refractivity (Wildman–Crippen MR) is 118 cm³/mol. The maximum Gasteiger partial charge on any atom is 0.126 e. The molecule has 0 atom stereocenters. The van der Waals surface area contributed by atoms with Crippen LogP contribution in [0.4, 0.5) is 0 Å². The second-order valence-corrected chi connectivity index (χ2v) is 8.96. The average molecular weight is 365 g/mol. The van der Waals surface area contributed by atoms with Crippen molar-refractivity contribution < 1.29 is 4.74 Å². The summed E-state index contributed by atoms with van der Waals surface area (Å²) in [5, 5.41) is 0. The summed E-state index contributed by atoms with van der Waals surface area (Å²) in [6.07, 6.45) is 6.66. The molecule has 0 radical (unpaired) electrons. The van der Waals surface area contributed by atoms with Crippen LogP contribution in [0.1, 0.15) is 90.3 Å². The van der Waals surface area contributed by atoms with Gasteiger partial charge in [-0.15, -0.1) is 12.5 Å². The summed E-state index contributed by atoms with van der Waals surface area (Å²) >= 11 is 0. The predicted octanol–water partition coefficient (Wildman–Crippen LogP) is 6.78. The third-order valence-corrected chi connectivity index (χ3v) is 4.37. The van der Waals surface area contributed by atoms with Crippen LogP contribution >= 0.6 is 0 Å². The fourth-order valence-electron chi connectivity index (χ4n) is 2.86. The fraction of sp³-hybridized carbons (Fsp3) is 0.538. The molecular formula is C26H36O. The van der Waals surface area contributed by atoms with E-state index in [-0.39, 0.29) is 10.8 Å². The van der Waals surface area contributed by atoms with Crippen LogP contribution in [0, 0.1) is 23.7 Å². The van der Waals surface area contributed by atoms with E-state index in [0.717, 1.165) is 43.4 Å². The van der Waals surface area contributed by atoms with E-state index in [2.05, 4.69) is 83.9 Å². The second-order valence-electron chi connectivity index (χ2n) is 8.96. The number of methoxy groups -OCH3 is 1. The molecule has 0 N–H and O–H groups in total. The number of unbranched alkanes of at least 4 members (excludes halogenated alkanes) is 3. The molecule has 146 valence electrons. The molecule has 1 aromatic rings. The van der Waals surface area contributed by atoms with E-state index in [1.54, 1.807) is 7.11 Å². The first-order valence-electron chi connectivity index (χ1n) is 9.89.